The first-order valence-electron chi connectivity index (χ1n) is 9.09. The van der Waals surface area contributed by atoms with Crippen molar-refractivity contribution < 1.29 is 13.6 Å². The Hall–Kier alpha value is -2.71. The molecular formula is C21H16ClF2N3O2S. The molecule has 2 atom stereocenters. The summed E-state index contributed by atoms with van der Waals surface area (Å²) in [5.74, 6) is -2.05. The molecule has 0 fully saturated rings. The van der Waals surface area contributed by atoms with E-state index in [1.54, 1.807) is 29.8 Å². The number of aromatic amines is 1. The molecule has 1 aliphatic heterocycles. The highest BCUT2D eigenvalue weighted by Gasteiger charge is 2.34. The van der Waals surface area contributed by atoms with Crippen molar-refractivity contribution in [1.29, 1.82) is 0 Å². The first kappa shape index (κ1) is 20.6. The maximum atomic E-state index is 14.9. The molecule has 2 aromatic carbocycles. The van der Waals surface area contributed by atoms with Crippen molar-refractivity contribution in [3.8, 4) is 0 Å². The predicted octanol–water partition coefficient (Wildman–Crippen LogP) is 4.53. The van der Waals surface area contributed by atoms with Gasteiger partial charge in [0.2, 0.25) is 5.91 Å². The van der Waals surface area contributed by atoms with Gasteiger partial charge in [-0.05, 0) is 31.2 Å². The zero-order valence-electron chi connectivity index (χ0n) is 15.7. The number of aliphatic imine (C=N–C) groups is 1. The Morgan fingerprint density at radius 1 is 1.27 bits per heavy atom. The summed E-state index contributed by atoms with van der Waals surface area (Å²) in [5.41, 5.74) is 0.828. The third kappa shape index (κ3) is 3.73. The summed E-state index contributed by atoms with van der Waals surface area (Å²) in [4.78, 5) is 33.3. The minimum absolute atomic E-state index is 0.0712. The number of anilines is 1. The van der Waals surface area contributed by atoms with Gasteiger partial charge >= 0.3 is 0 Å². The van der Waals surface area contributed by atoms with Gasteiger partial charge in [0.05, 0.1) is 23.6 Å². The number of halogens is 3. The van der Waals surface area contributed by atoms with Crippen LogP contribution in [0.25, 0.3) is 10.9 Å². The smallest absolute Gasteiger partial charge is 0.284 e. The highest BCUT2D eigenvalue weighted by Crippen LogP contribution is 2.30. The number of para-hydroxylation sites is 1. The van der Waals surface area contributed by atoms with Crippen molar-refractivity contribution in [3.05, 3.63) is 75.0 Å². The highest BCUT2D eigenvalue weighted by atomic mass is 35.5. The Kier molecular flexibility index (Phi) is 5.62. The van der Waals surface area contributed by atoms with Crippen LogP contribution in [0.3, 0.4) is 0 Å². The van der Waals surface area contributed by atoms with E-state index in [0.29, 0.717) is 10.7 Å². The number of fused-ring (bicyclic) bond motifs is 1. The molecule has 154 valence electrons. The molecule has 3 aromatic rings. The molecule has 1 aromatic heterocycles. The summed E-state index contributed by atoms with van der Waals surface area (Å²) in [6, 6.07) is 10.4. The van der Waals surface area contributed by atoms with Crippen LogP contribution in [0.2, 0.25) is 5.02 Å². The number of aromatic nitrogens is 1. The van der Waals surface area contributed by atoms with Crippen LogP contribution >= 0.6 is 23.4 Å². The van der Waals surface area contributed by atoms with Gasteiger partial charge in [-0.1, -0.05) is 41.6 Å². The zero-order chi connectivity index (χ0) is 21.4. The number of nitrogens with zero attached hydrogens (tertiary/aromatic N) is 2. The first-order valence-corrected chi connectivity index (χ1v) is 10.4. The first-order chi connectivity index (χ1) is 14.4. The third-order valence-electron chi connectivity index (χ3n) is 4.93. The Balaban J connectivity index is 1.85. The average Bonchev–Trinajstić information content (AvgIpc) is 3.15. The Bertz CT molecular complexity index is 1230. The Morgan fingerprint density at radius 2 is 2.03 bits per heavy atom. The second kappa shape index (κ2) is 8.20. The minimum atomic E-state index is -1.06. The van der Waals surface area contributed by atoms with Gasteiger partial charge in [-0.3, -0.25) is 14.6 Å². The number of rotatable bonds is 4. The highest BCUT2D eigenvalue weighted by molar-refractivity contribution is 8.13. The van der Waals surface area contributed by atoms with Gasteiger partial charge in [0.15, 0.2) is 5.82 Å². The molecule has 4 rings (SSSR count). The lowest BCUT2D eigenvalue weighted by atomic mass is 10.1. The van der Waals surface area contributed by atoms with Crippen LogP contribution in [0.4, 0.5) is 14.5 Å². The van der Waals surface area contributed by atoms with Crippen LogP contribution in [-0.2, 0) is 11.3 Å². The van der Waals surface area contributed by atoms with Gasteiger partial charge in [-0.25, -0.2) is 8.78 Å². The van der Waals surface area contributed by atoms with Gasteiger partial charge in [-0.2, -0.15) is 0 Å². The standard InChI is InChI=1S/C21H16ClF2N3O2S/c1-11-19(30-10-25-11)21(29)27(13-5-2-4-12(22)8-13)9-15-14-6-3-7-16(23)18(14)26-20(28)17(15)24/h2-8,10-11,19H,9H2,1H3,(H,26,28). The van der Waals surface area contributed by atoms with E-state index in [1.165, 1.54) is 34.9 Å². The van der Waals surface area contributed by atoms with Gasteiger partial charge < -0.3 is 9.88 Å². The largest absolute Gasteiger partial charge is 0.317 e. The van der Waals surface area contributed by atoms with Crippen LogP contribution in [-0.4, -0.2) is 27.7 Å². The number of carbonyl (C=O) groups excluding carboxylic acids is 1. The van der Waals surface area contributed by atoms with Crippen LogP contribution in [0.1, 0.15) is 12.5 Å². The lowest BCUT2D eigenvalue weighted by Gasteiger charge is -2.27. The molecule has 5 nitrogen and oxygen atoms in total. The van der Waals surface area contributed by atoms with Crippen molar-refractivity contribution in [2.45, 2.75) is 24.8 Å². The maximum Gasteiger partial charge on any atom is 0.284 e. The number of thioether (sulfide) groups is 1. The van der Waals surface area contributed by atoms with Gasteiger partial charge in [0, 0.05) is 21.7 Å². The monoisotopic (exact) mass is 447 g/mol. The van der Waals surface area contributed by atoms with E-state index in [0.717, 1.165) is 0 Å². The summed E-state index contributed by atoms with van der Waals surface area (Å²) in [5, 5.41) is 0.0864. The Labute approximate surface area is 179 Å². The fraction of sp³-hybridized carbons (Fsp3) is 0.190. The van der Waals surface area contributed by atoms with E-state index >= 15 is 0 Å². The van der Waals surface area contributed by atoms with E-state index in [-0.39, 0.29) is 35.0 Å². The van der Waals surface area contributed by atoms with E-state index in [2.05, 4.69) is 9.98 Å². The lowest BCUT2D eigenvalue weighted by Crippen LogP contribution is -2.41. The van der Waals surface area contributed by atoms with Crippen molar-refractivity contribution in [2.24, 2.45) is 4.99 Å². The fourth-order valence-electron chi connectivity index (χ4n) is 3.39. The molecule has 9 heteroatoms. The molecule has 0 aliphatic carbocycles. The number of carbonyl (C=O) groups is 1. The molecule has 0 saturated heterocycles. The Morgan fingerprint density at radius 3 is 2.73 bits per heavy atom. The topological polar surface area (TPSA) is 65.5 Å². The van der Waals surface area contributed by atoms with Crippen LogP contribution in [0.15, 0.2) is 52.3 Å². The van der Waals surface area contributed by atoms with E-state index in [1.807, 2.05) is 6.92 Å². The van der Waals surface area contributed by atoms with Gasteiger partial charge in [0.1, 0.15) is 11.1 Å². The number of amides is 1. The molecule has 2 unspecified atom stereocenters. The van der Waals surface area contributed by atoms with E-state index < -0.39 is 22.4 Å². The maximum absolute atomic E-state index is 14.9. The van der Waals surface area contributed by atoms with E-state index in [9.17, 15) is 18.4 Å². The molecule has 1 N–H and O–H groups in total. The number of benzene rings is 2. The number of hydrogen-bond acceptors (Lipinski definition) is 4. The van der Waals surface area contributed by atoms with Crippen molar-refractivity contribution in [1.82, 2.24) is 4.98 Å². The van der Waals surface area contributed by atoms with Gasteiger partial charge in [-0.15, -0.1) is 0 Å². The second-order valence-corrected chi connectivity index (χ2v) is 8.29. The van der Waals surface area contributed by atoms with Crippen LogP contribution in [0, 0.1) is 11.6 Å². The number of nitrogens with one attached hydrogen (secondary N) is 1. The minimum Gasteiger partial charge on any atom is -0.317 e. The summed E-state index contributed by atoms with van der Waals surface area (Å²) in [6.45, 7) is 1.55. The number of H-pyrrole nitrogens is 1. The lowest BCUT2D eigenvalue weighted by molar-refractivity contribution is -0.118. The summed E-state index contributed by atoms with van der Waals surface area (Å²) in [6.07, 6.45) is 0. The van der Waals surface area contributed by atoms with Crippen molar-refractivity contribution >= 4 is 51.4 Å². The van der Waals surface area contributed by atoms with Crippen molar-refractivity contribution in [3.63, 3.8) is 0 Å². The SMILES string of the molecule is CC1N=CSC1C(=O)N(Cc1c(F)c(=O)[nH]c2c(F)cccc12)c1cccc(Cl)c1. The molecular weight excluding hydrogens is 432 g/mol. The van der Waals surface area contributed by atoms with Crippen LogP contribution < -0.4 is 10.5 Å². The predicted molar refractivity (Wildman–Crippen MR) is 116 cm³/mol. The summed E-state index contributed by atoms with van der Waals surface area (Å²) >= 11 is 7.38. The summed E-state index contributed by atoms with van der Waals surface area (Å²) < 4.78 is 29.1. The fourth-order valence-corrected chi connectivity index (χ4v) is 4.51. The molecule has 1 aliphatic rings. The molecule has 0 saturated carbocycles. The molecule has 0 radical (unpaired) electrons. The molecule has 0 spiro atoms. The van der Waals surface area contributed by atoms with Crippen LogP contribution in [0.5, 0.6) is 0 Å². The third-order valence-corrected chi connectivity index (χ3v) is 6.30. The quantitative estimate of drug-likeness (QED) is 0.639. The number of pyridine rings is 1. The molecule has 30 heavy (non-hydrogen) atoms. The molecule has 2 heterocycles. The van der Waals surface area contributed by atoms with Crippen molar-refractivity contribution in [2.75, 3.05) is 4.90 Å². The normalized spacial score (nSPS) is 18.1. The number of hydrogen-bond donors (Lipinski definition) is 1. The zero-order valence-corrected chi connectivity index (χ0v) is 17.3. The van der Waals surface area contributed by atoms with E-state index in [4.69, 9.17) is 11.6 Å². The molecule has 0 bridgehead atoms. The summed E-state index contributed by atoms with van der Waals surface area (Å²) in [7, 11) is 0. The molecule has 1 amide bonds. The average molecular weight is 448 g/mol. The second-order valence-electron chi connectivity index (χ2n) is 6.87. The van der Waals surface area contributed by atoms with Gasteiger partial charge in [0.25, 0.3) is 5.56 Å².